The van der Waals surface area contributed by atoms with Crippen LogP contribution in [-0.2, 0) is 16.0 Å². The van der Waals surface area contributed by atoms with E-state index >= 15 is 0 Å². The van der Waals surface area contributed by atoms with Gasteiger partial charge in [-0.2, -0.15) is 5.26 Å². The topological polar surface area (TPSA) is 82.4 Å². The van der Waals surface area contributed by atoms with Crippen LogP contribution >= 0.6 is 11.8 Å². The van der Waals surface area contributed by atoms with E-state index in [1.165, 1.54) is 22.7 Å². The SMILES string of the molecule is C=CCNC(=O)/C(C#N)=C1\SC(Cc2cccc(C)c2)C(=O)N1c1ccc(OCC)cc1. The van der Waals surface area contributed by atoms with Crippen LogP contribution in [0.1, 0.15) is 18.1 Å². The molecule has 0 saturated carbocycles. The molecule has 1 saturated heterocycles. The van der Waals surface area contributed by atoms with Crippen LogP contribution in [0.25, 0.3) is 0 Å². The molecule has 0 aliphatic carbocycles. The van der Waals surface area contributed by atoms with Gasteiger partial charge in [0.2, 0.25) is 5.91 Å². The summed E-state index contributed by atoms with van der Waals surface area (Å²) in [6, 6.07) is 17.0. The third-order valence-corrected chi connectivity index (χ3v) is 6.08. The minimum absolute atomic E-state index is 0.0918. The van der Waals surface area contributed by atoms with Crippen molar-refractivity contribution in [2.24, 2.45) is 0 Å². The highest BCUT2D eigenvalue weighted by molar-refractivity contribution is 8.05. The molecule has 164 valence electrons. The highest BCUT2D eigenvalue weighted by Gasteiger charge is 2.40. The third kappa shape index (κ3) is 5.21. The Morgan fingerprint density at radius 1 is 1.31 bits per heavy atom. The number of nitriles is 1. The van der Waals surface area contributed by atoms with Crippen LogP contribution in [0.2, 0.25) is 0 Å². The number of nitrogens with zero attached hydrogens (tertiary/aromatic N) is 2. The Balaban J connectivity index is 2.01. The minimum Gasteiger partial charge on any atom is -0.494 e. The molecule has 0 spiro atoms. The van der Waals surface area contributed by atoms with Gasteiger partial charge in [-0.25, -0.2) is 0 Å². The molecule has 1 N–H and O–H groups in total. The van der Waals surface area contributed by atoms with Crippen molar-refractivity contribution >= 4 is 29.3 Å². The standard InChI is InChI=1S/C25H25N3O3S/c1-4-13-27-23(29)21(16-26)25-28(19-9-11-20(12-10-19)31-5-2)24(30)22(32-25)15-18-8-6-7-17(3)14-18/h4,6-12,14,22H,1,5,13,15H2,2-3H3,(H,27,29)/b25-21-. The van der Waals surface area contributed by atoms with Gasteiger partial charge in [0, 0.05) is 12.2 Å². The van der Waals surface area contributed by atoms with Crippen LogP contribution in [0.4, 0.5) is 5.69 Å². The second kappa shape index (κ2) is 10.7. The second-order valence-electron chi connectivity index (χ2n) is 7.19. The molecule has 6 nitrogen and oxygen atoms in total. The molecule has 2 aromatic rings. The fourth-order valence-corrected chi connectivity index (χ4v) is 4.69. The Morgan fingerprint density at radius 3 is 2.69 bits per heavy atom. The Morgan fingerprint density at radius 2 is 2.06 bits per heavy atom. The van der Waals surface area contributed by atoms with E-state index in [2.05, 4.69) is 11.9 Å². The predicted molar refractivity (Wildman–Crippen MR) is 127 cm³/mol. The zero-order valence-electron chi connectivity index (χ0n) is 18.1. The lowest BCUT2D eigenvalue weighted by Gasteiger charge is -2.19. The summed E-state index contributed by atoms with van der Waals surface area (Å²) < 4.78 is 5.49. The molecule has 2 aromatic carbocycles. The maximum atomic E-state index is 13.5. The van der Waals surface area contributed by atoms with Gasteiger partial charge < -0.3 is 10.1 Å². The van der Waals surface area contributed by atoms with Crippen LogP contribution < -0.4 is 15.0 Å². The van der Waals surface area contributed by atoms with Gasteiger partial charge in [-0.1, -0.05) is 47.7 Å². The molecule has 7 heteroatoms. The summed E-state index contributed by atoms with van der Waals surface area (Å²) in [5.41, 5.74) is 2.62. The van der Waals surface area contributed by atoms with Crippen molar-refractivity contribution in [3.05, 3.63) is 82.9 Å². The van der Waals surface area contributed by atoms with Crippen molar-refractivity contribution in [2.75, 3.05) is 18.1 Å². The number of aryl methyl sites for hydroxylation is 1. The van der Waals surface area contributed by atoms with E-state index in [0.29, 0.717) is 29.5 Å². The fraction of sp³-hybridized carbons (Fsp3) is 0.240. The number of hydrogen-bond donors (Lipinski definition) is 1. The summed E-state index contributed by atoms with van der Waals surface area (Å²) in [6.45, 7) is 8.24. The molecule has 2 amide bonds. The first-order valence-electron chi connectivity index (χ1n) is 10.3. The summed E-state index contributed by atoms with van der Waals surface area (Å²) in [5.74, 6) is -0.0172. The fourth-order valence-electron chi connectivity index (χ4n) is 3.39. The number of carbonyl (C=O) groups is 2. The van der Waals surface area contributed by atoms with Crippen molar-refractivity contribution in [2.45, 2.75) is 25.5 Å². The van der Waals surface area contributed by atoms with Crippen LogP contribution in [0.5, 0.6) is 5.75 Å². The molecule has 1 heterocycles. The van der Waals surface area contributed by atoms with E-state index in [9.17, 15) is 14.9 Å². The van der Waals surface area contributed by atoms with Gasteiger partial charge in [0.1, 0.15) is 22.4 Å². The number of nitrogens with one attached hydrogen (secondary N) is 1. The monoisotopic (exact) mass is 447 g/mol. The maximum absolute atomic E-state index is 13.5. The lowest BCUT2D eigenvalue weighted by Crippen LogP contribution is -2.32. The molecule has 32 heavy (non-hydrogen) atoms. The van der Waals surface area contributed by atoms with Crippen molar-refractivity contribution in [1.82, 2.24) is 5.32 Å². The van der Waals surface area contributed by atoms with E-state index in [0.717, 1.165) is 11.1 Å². The first-order chi connectivity index (χ1) is 15.5. The Bertz CT molecular complexity index is 1090. The molecule has 1 aliphatic heterocycles. The van der Waals surface area contributed by atoms with E-state index in [4.69, 9.17) is 4.74 Å². The van der Waals surface area contributed by atoms with Crippen LogP contribution in [0.15, 0.2) is 71.8 Å². The summed E-state index contributed by atoms with van der Waals surface area (Å²) >= 11 is 1.25. The quantitative estimate of drug-likeness (QED) is 0.374. The molecule has 0 radical (unpaired) electrons. The number of hydrogen-bond acceptors (Lipinski definition) is 5. The lowest BCUT2D eigenvalue weighted by atomic mass is 10.1. The summed E-state index contributed by atoms with van der Waals surface area (Å²) in [5, 5.41) is 12.3. The van der Waals surface area contributed by atoms with Gasteiger partial charge in [-0.05, 0) is 50.1 Å². The molecule has 1 fully saturated rings. The van der Waals surface area contributed by atoms with Crippen molar-refractivity contribution in [1.29, 1.82) is 5.26 Å². The Hall–Kier alpha value is -3.50. The van der Waals surface area contributed by atoms with Gasteiger partial charge >= 0.3 is 0 Å². The normalized spacial score (nSPS) is 17.0. The number of carbonyl (C=O) groups excluding carboxylic acids is 2. The number of rotatable bonds is 8. The van der Waals surface area contributed by atoms with Crippen molar-refractivity contribution in [3.8, 4) is 11.8 Å². The number of anilines is 1. The number of benzene rings is 2. The van der Waals surface area contributed by atoms with Gasteiger partial charge in [0.05, 0.1) is 11.9 Å². The molecule has 1 aliphatic rings. The van der Waals surface area contributed by atoms with E-state index < -0.39 is 11.2 Å². The third-order valence-electron chi connectivity index (χ3n) is 4.82. The zero-order valence-corrected chi connectivity index (χ0v) is 18.9. The molecule has 0 aromatic heterocycles. The van der Waals surface area contributed by atoms with E-state index in [1.807, 2.05) is 44.2 Å². The summed E-state index contributed by atoms with van der Waals surface area (Å²) in [4.78, 5) is 27.6. The summed E-state index contributed by atoms with van der Waals surface area (Å²) in [7, 11) is 0. The van der Waals surface area contributed by atoms with Crippen LogP contribution in [-0.4, -0.2) is 30.2 Å². The summed E-state index contributed by atoms with van der Waals surface area (Å²) in [6.07, 6.45) is 2.03. The minimum atomic E-state index is -0.533. The van der Waals surface area contributed by atoms with Crippen molar-refractivity contribution < 1.29 is 14.3 Å². The zero-order chi connectivity index (χ0) is 23.1. The molecule has 1 atom stereocenters. The average molecular weight is 448 g/mol. The largest absolute Gasteiger partial charge is 0.494 e. The Kier molecular flexibility index (Phi) is 7.74. The number of thioether (sulfide) groups is 1. The smallest absolute Gasteiger partial charge is 0.264 e. The Labute approximate surface area is 192 Å². The van der Waals surface area contributed by atoms with E-state index in [1.54, 1.807) is 24.3 Å². The molecule has 0 bridgehead atoms. The van der Waals surface area contributed by atoms with Crippen LogP contribution in [0, 0.1) is 18.3 Å². The lowest BCUT2D eigenvalue weighted by molar-refractivity contribution is -0.117. The number of ether oxygens (including phenoxy) is 1. The molecule has 3 rings (SSSR count). The molecular weight excluding hydrogens is 422 g/mol. The highest BCUT2D eigenvalue weighted by Crippen LogP contribution is 2.42. The van der Waals surface area contributed by atoms with Gasteiger partial charge in [0.25, 0.3) is 5.91 Å². The molecular formula is C25H25N3O3S. The first-order valence-corrected chi connectivity index (χ1v) is 11.2. The van der Waals surface area contributed by atoms with Gasteiger partial charge in [-0.3, -0.25) is 14.5 Å². The number of amides is 2. The van der Waals surface area contributed by atoms with Gasteiger partial charge in [0.15, 0.2) is 0 Å². The predicted octanol–water partition coefficient (Wildman–Crippen LogP) is 4.12. The highest BCUT2D eigenvalue weighted by atomic mass is 32.2. The maximum Gasteiger partial charge on any atom is 0.264 e. The first kappa shape index (κ1) is 23.2. The van der Waals surface area contributed by atoms with Gasteiger partial charge in [-0.15, -0.1) is 6.58 Å². The molecule has 1 unspecified atom stereocenters. The second-order valence-corrected chi connectivity index (χ2v) is 8.38. The average Bonchev–Trinajstić information content (AvgIpc) is 3.09. The van der Waals surface area contributed by atoms with E-state index in [-0.39, 0.29) is 18.0 Å². The van der Waals surface area contributed by atoms with Crippen molar-refractivity contribution in [3.63, 3.8) is 0 Å². The van der Waals surface area contributed by atoms with Crippen LogP contribution in [0.3, 0.4) is 0 Å².